The summed E-state index contributed by atoms with van der Waals surface area (Å²) in [7, 11) is 1.30. The fraction of sp³-hybridized carbons (Fsp3) is 0.405. The van der Waals surface area contributed by atoms with Crippen LogP contribution in [0.2, 0.25) is 0 Å². The number of nitrogens with zero attached hydrogens (tertiary/aromatic N) is 1. The highest BCUT2D eigenvalue weighted by Gasteiger charge is 2.34. The van der Waals surface area contributed by atoms with Crippen molar-refractivity contribution in [3.63, 3.8) is 0 Å². The van der Waals surface area contributed by atoms with Crippen molar-refractivity contribution in [2.24, 2.45) is 0 Å². The van der Waals surface area contributed by atoms with Gasteiger partial charge in [-0.15, -0.1) is 6.58 Å². The van der Waals surface area contributed by atoms with Crippen molar-refractivity contribution in [1.29, 1.82) is 0 Å². The quantitative estimate of drug-likeness (QED) is 0.156. The molecule has 0 unspecified atom stereocenters. The van der Waals surface area contributed by atoms with Crippen molar-refractivity contribution in [1.82, 2.24) is 10.2 Å². The summed E-state index contributed by atoms with van der Waals surface area (Å²) >= 11 is 0. The summed E-state index contributed by atoms with van der Waals surface area (Å²) in [5.74, 6) is -0.518. The highest BCUT2D eigenvalue weighted by molar-refractivity contribution is 5.92. The van der Waals surface area contributed by atoms with E-state index in [1.54, 1.807) is 12.1 Å². The van der Waals surface area contributed by atoms with Gasteiger partial charge >= 0.3 is 12.0 Å². The number of methoxy groups -OCH3 is 1. The molecule has 4 atom stereocenters. The molecule has 2 amide bonds. The number of amides is 2. The van der Waals surface area contributed by atoms with Gasteiger partial charge in [-0.2, -0.15) is 0 Å². The molecule has 1 heterocycles. The number of anilines is 1. The van der Waals surface area contributed by atoms with Gasteiger partial charge in [-0.1, -0.05) is 85.6 Å². The minimum atomic E-state index is -0.832. The van der Waals surface area contributed by atoms with Crippen LogP contribution in [0.3, 0.4) is 0 Å². The molecule has 2 fully saturated rings. The Morgan fingerprint density at radius 2 is 1.67 bits per heavy atom. The number of rotatable bonds is 13. The number of nitrogens with one attached hydrogen (secondary N) is 2. The molecular weight excluding hydrogens is 582 g/mol. The number of ether oxygens (including phenoxy) is 3. The maximum atomic E-state index is 12.9. The lowest BCUT2D eigenvalue weighted by Gasteiger charge is -2.39. The average Bonchev–Trinajstić information content (AvgIpc) is 3.63. The molecule has 2 aliphatic rings. The molecule has 0 aromatic heterocycles. The molecule has 9 heteroatoms. The van der Waals surface area contributed by atoms with Crippen LogP contribution in [-0.4, -0.2) is 60.4 Å². The number of hydrogen-bond donors (Lipinski definition) is 3. The van der Waals surface area contributed by atoms with Gasteiger partial charge in [-0.05, 0) is 41.7 Å². The zero-order chi connectivity index (χ0) is 32.3. The topological polar surface area (TPSA) is 109 Å². The fourth-order valence-electron chi connectivity index (χ4n) is 6.34. The van der Waals surface area contributed by atoms with Gasteiger partial charge in [-0.25, -0.2) is 9.59 Å². The van der Waals surface area contributed by atoms with Gasteiger partial charge in [0.15, 0.2) is 6.29 Å². The van der Waals surface area contributed by atoms with Crippen LogP contribution in [0.25, 0.3) is 0 Å². The third-order valence-corrected chi connectivity index (χ3v) is 8.77. The number of benzene rings is 3. The third-order valence-electron chi connectivity index (χ3n) is 8.77. The van der Waals surface area contributed by atoms with E-state index in [1.165, 1.54) is 32.8 Å². The van der Waals surface area contributed by atoms with E-state index in [1.807, 2.05) is 72.8 Å². The Labute approximate surface area is 271 Å². The SMILES string of the molecule is C=CCN(C[C@H]1C[C@@H](c2ccc(CO)cc2)O[C@@H](c2ccc(NC(=O)N[C@@H](Cc3ccccc3)C(=O)OC)cc2)O1)C1CCCC1. The van der Waals surface area contributed by atoms with Crippen LogP contribution in [0.5, 0.6) is 0 Å². The highest BCUT2D eigenvalue weighted by atomic mass is 16.7. The van der Waals surface area contributed by atoms with E-state index >= 15 is 0 Å². The van der Waals surface area contributed by atoms with Gasteiger partial charge in [0.2, 0.25) is 0 Å². The first kappa shape index (κ1) is 33.3. The second-order valence-corrected chi connectivity index (χ2v) is 12.0. The van der Waals surface area contributed by atoms with Gasteiger partial charge in [0.1, 0.15) is 6.04 Å². The van der Waals surface area contributed by atoms with E-state index in [9.17, 15) is 14.7 Å². The van der Waals surface area contributed by atoms with Gasteiger partial charge in [0.05, 0.1) is 25.9 Å². The first-order valence-electron chi connectivity index (χ1n) is 16.1. The second-order valence-electron chi connectivity index (χ2n) is 12.0. The average molecular weight is 628 g/mol. The molecule has 1 saturated heterocycles. The molecule has 1 aliphatic heterocycles. The first-order chi connectivity index (χ1) is 22.4. The highest BCUT2D eigenvalue weighted by Crippen LogP contribution is 2.39. The molecule has 244 valence electrons. The lowest BCUT2D eigenvalue weighted by molar-refractivity contribution is -0.253. The zero-order valence-corrected chi connectivity index (χ0v) is 26.5. The Morgan fingerprint density at radius 1 is 0.978 bits per heavy atom. The van der Waals surface area contributed by atoms with Gasteiger partial charge in [-0.3, -0.25) is 4.90 Å². The Hall–Kier alpha value is -4.02. The van der Waals surface area contributed by atoms with Gasteiger partial charge in [0.25, 0.3) is 0 Å². The lowest BCUT2D eigenvalue weighted by Crippen LogP contribution is -2.45. The van der Waals surface area contributed by atoms with Crippen LogP contribution in [0.4, 0.5) is 10.5 Å². The minimum Gasteiger partial charge on any atom is -0.467 e. The van der Waals surface area contributed by atoms with E-state index in [0.29, 0.717) is 24.6 Å². The monoisotopic (exact) mass is 627 g/mol. The van der Waals surface area contributed by atoms with E-state index in [-0.39, 0.29) is 18.8 Å². The molecule has 1 saturated carbocycles. The molecule has 5 rings (SSSR count). The minimum absolute atomic E-state index is 0.00710. The van der Waals surface area contributed by atoms with E-state index in [0.717, 1.165) is 35.3 Å². The van der Waals surface area contributed by atoms with Gasteiger partial charge < -0.3 is 30.0 Å². The molecule has 9 nitrogen and oxygen atoms in total. The molecule has 0 bridgehead atoms. The predicted octanol–water partition coefficient (Wildman–Crippen LogP) is 6.06. The largest absolute Gasteiger partial charge is 0.467 e. The third kappa shape index (κ3) is 9.04. The van der Waals surface area contributed by atoms with Crippen molar-refractivity contribution in [2.75, 3.05) is 25.5 Å². The predicted molar refractivity (Wildman–Crippen MR) is 177 cm³/mol. The zero-order valence-electron chi connectivity index (χ0n) is 26.5. The summed E-state index contributed by atoms with van der Waals surface area (Å²) in [5.41, 5.74) is 4.20. The van der Waals surface area contributed by atoms with Crippen LogP contribution in [0.15, 0.2) is 91.5 Å². The standard InChI is InChI=1S/C37H45N3O6/c1-3-21-40(31-11-7-8-12-31)24-32-23-34(28-15-13-27(25-41)14-16-28)46-36(45-32)29-17-19-30(20-18-29)38-37(43)39-33(35(42)44-2)22-26-9-5-4-6-10-26/h3-6,9-10,13-20,31-34,36,41H,1,7-8,11-12,21-25H2,2H3,(H2,38,39,43)/t32-,33+,34+,36+/m1/s1. The molecule has 0 radical (unpaired) electrons. The number of carbonyl (C=O) groups is 2. The van der Waals surface area contributed by atoms with Crippen LogP contribution in [-0.2, 0) is 32.0 Å². The number of aliphatic hydroxyl groups excluding tert-OH is 1. The Morgan fingerprint density at radius 3 is 2.33 bits per heavy atom. The normalized spacial score (nSPS) is 20.6. The van der Waals surface area contributed by atoms with Crippen LogP contribution >= 0.6 is 0 Å². The van der Waals surface area contributed by atoms with Crippen molar-refractivity contribution in [3.05, 3.63) is 114 Å². The molecular formula is C37H45N3O6. The fourth-order valence-corrected chi connectivity index (χ4v) is 6.34. The lowest BCUT2D eigenvalue weighted by atomic mass is 9.99. The van der Waals surface area contributed by atoms with E-state index in [2.05, 4.69) is 22.1 Å². The maximum absolute atomic E-state index is 12.9. The molecule has 3 N–H and O–H groups in total. The summed E-state index contributed by atoms with van der Waals surface area (Å²) in [5, 5.41) is 15.1. The first-order valence-corrected chi connectivity index (χ1v) is 16.1. The maximum Gasteiger partial charge on any atom is 0.328 e. The molecule has 3 aromatic carbocycles. The summed E-state index contributed by atoms with van der Waals surface area (Å²) < 4.78 is 18.0. The second kappa shape index (κ2) is 16.5. The Kier molecular flexibility index (Phi) is 12.0. The summed E-state index contributed by atoms with van der Waals surface area (Å²) in [6.07, 6.45) is 7.03. The number of carbonyl (C=O) groups excluding carboxylic acids is 2. The van der Waals surface area contributed by atoms with Gasteiger partial charge in [0, 0.05) is 43.2 Å². The van der Waals surface area contributed by atoms with Crippen molar-refractivity contribution in [2.45, 2.75) is 75.7 Å². The molecule has 0 spiro atoms. The Bertz CT molecular complexity index is 1410. The van der Waals surface area contributed by atoms with Crippen LogP contribution in [0, 0.1) is 0 Å². The number of urea groups is 1. The van der Waals surface area contributed by atoms with Crippen LogP contribution < -0.4 is 10.6 Å². The van der Waals surface area contributed by atoms with Crippen LogP contribution in [0.1, 0.15) is 66.8 Å². The van der Waals surface area contributed by atoms with E-state index in [4.69, 9.17) is 14.2 Å². The smallest absolute Gasteiger partial charge is 0.328 e. The van der Waals surface area contributed by atoms with E-state index < -0.39 is 24.3 Å². The number of hydrogen-bond acceptors (Lipinski definition) is 7. The molecule has 1 aliphatic carbocycles. The molecule has 46 heavy (non-hydrogen) atoms. The van der Waals surface area contributed by atoms with Crippen molar-refractivity contribution in [3.8, 4) is 0 Å². The Balaban J connectivity index is 1.27. The molecule has 3 aromatic rings. The van der Waals surface area contributed by atoms with Crippen molar-refractivity contribution >= 4 is 17.7 Å². The number of esters is 1. The summed E-state index contributed by atoms with van der Waals surface area (Å²) in [4.78, 5) is 27.7. The summed E-state index contributed by atoms with van der Waals surface area (Å²) in [6, 6.07) is 23.9. The summed E-state index contributed by atoms with van der Waals surface area (Å²) in [6.45, 7) is 5.59. The van der Waals surface area contributed by atoms with Crippen molar-refractivity contribution < 1.29 is 28.9 Å². The number of aliphatic hydroxyl groups is 1.